The Morgan fingerprint density at radius 1 is 0.867 bits per heavy atom. The van der Waals surface area contributed by atoms with Crippen molar-refractivity contribution in [3.8, 4) is 11.5 Å². The molecule has 0 radical (unpaired) electrons. The second-order valence-electron chi connectivity index (χ2n) is 6.74. The Hall–Kier alpha value is -3.26. The highest BCUT2D eigenvalue weighted by Crippen LogP contribution is 2.24. The molecule has 0 spiro atoms. The van der Waals surface area contributed by atoms with Gasteiger partial charge in [0.1, 0.15) is 17.8 Å². The molecule has 0 atom stereocenters. The second kappa shape index (κ2) is 9.49. The van der Waals surface area contributed by atoms with Gasteiger partial charge in [-0.25, -0.2) is 9.97 Å². The molecular weight excluding hydrogens is 398 g/mol. The Balaban J connectivity index is 1.51. The molecule has 2 aromatic heterocycles. The molecule has 4 rings (SSSR count). The maximum atomic E-state index is 5.28. The summed E-state index contributed by atoms with van der Waals surface area (Å²) in [5, 5.41) is 4.56. The molecule has 0 aliphatic carbocycles. The normalized spacial score (nSPS) is 11.0. The minimum atomic E-state index is 0.271. The second-order valence-corrected chi connectivity index (χ2v) is 7.85. The maximum Gasteiger partial charge on any atom is 0.237 e. The van der Waals surface area contributed by atoms with E-state index in [9.17, 15) is 0 Å². The number of nitrogens with zero attached hydrogens (tertiary/aromatic N) is 4. The van der Waals surface area contributed by atoms with Crippen molar-refractivity contribution in [1.29, 1.82) is 0 Å². The quantitative estimate of drug-likeness (QED) is 0.409. The maximum absolute atomic E-state index is 5.28. The molecule has 8 heteroatoms. The zero-order chi connectivity index (χ0) is 20.8. The first-order valence-electron chi connectivity index (χ1n) is 9.57. The molecule has 0 fully saturated rings. The van der Waals surface area contributed by atoms with Gasteiger partial charge < -0.3 is 9.47 Å². The van der Waals surface area contributed by atoms with Crippen molar-refractivity contribution >= 4 is 23.5 Å². The fourth-order valence-electron chi connectivity index (χ4n) is 3.16. The summed E-state index contributed by atoms with van der Waals surface area (Å²) in [6.07, 6.45) is 5.04. The molecule has 4 aromatic rings. The lowest BCUT2D eigenvalue weighted by Crippen LogP contribution is -2.15. The minimum absolute atomic E-state index is 0.271. The van der Waals surface area contributed by atoms with Crippen LogP contribution in [0.3, 0.4) is 0 Å². The third kappa shape index (κ3) is 4.83. The molecule has 7 nitrogen and oxygen atoms in total. The Labute approximate surface area is 179 Å². The van der Waals surface area contributed by atoms with E-state index in [4.69, 9.17) is 9.47 Å². The highest BCUT2D eigenvalue weighted by molar-refractivity contribution is 8.01. The van der Waals surface area contributed by atoms with Crippen LogP contribution in [0.25, 0.3) is 5.65 Å². The summed E-state index contributed by atoms with van der Waals surface area (Å²) in [6.45, 7) is 0. The summed E-state index contributed by atoms with van der Waals surface area (Å²) in [4.78, 5) is 8.55. The first-order chi connectivity index (χ1) is 14.7. The van der Waals surface area contributed by atoms with E-state index in [1.165, 1.54) is 11.1 Å². The largest absolute Gasteiger partial charge is 0.497 e. The summed E-state index contributed by atoms with van der Waals surface area (Å²) < 4.78 is 15.6. The molecule has 0 aliphatic heterocycles. The summed E-state index contributed by atoms with van der Waals surface area (Å²) in [6, 6.07) is 18.3. The first-order valence-corrected chi connectivity index (χ1v) is 10.5. The van der Waals surface area contributed by atoms with Crippen LogP contribution in [0, 0.1) is 0 Å². The number of hydrogen-bond acceptors (Lipinski definition) is 7. The molecule has 0 saturated heterocycles. The van der Waals surface area contributed by atoms with Crippen molar-refractivity contribution in [3.05, 3.63) is 78.2 Å². The van der Waals surface area contributed by atoms with E-state index in [0.29, 0.717) is 5.95 Å². The van der Waals surface area contributed by atoms with Crippen LogP contribution in [0.4, 0.5) is 5.95 Å². The van der Waals surface area contributed by atoms with Crippen LogP contribution in [0.15, 0.2) is 67.1 Å². The van der Waals surface area contributed by atoms with Crippen LogP contribution >= 0.6 is 11.9 Å². The molecule has 1 N–H and O–H groups in total. The summed E-state index contributed by atoms with van der Waals surface area (Å²) >= 11 is 1.64. The van der Waals surface area contributed by atoms with Crippen molar-refractivity contribution < 1.29 is 9.47 Å². The van der Waals surface area contributed by atoms with Crippen LogP contribution in [-0.4, -0.2) is 39.1 Å². The summed E-state index contributed by atoms with van der Waals surface area (Å²) in [5.41, 5.74) is 3.25. The number of fused-ring (bicyclic) bond motifs is 1. The standard InChI is InChI=1S/C22H23N5O2S/c1-28-18-7-3-16(4-8-18)13-20(14-17-5-9-19(29-2)10-6-17)30-26-22-24-15-23-21-11-12-25-27(21)22/h3-12,15,20H,13-14H2,1-2H3,(H,23,24,26). The molecule has 0 bridgehead atoms. The molecule has 0 unspecified atom stereocenters. The number of aromatic nitrogens is 4. The molecule has 2 aromatic carbocycles. The lowest BCUT2D eigenvalue weighted by atomic mass is 10.0. The monoisotopic (exact) mass is 421 g/mol. The predicted octanol–water partition coefficient (Wildman–Crippen LogP) is 4.06. The Morgan fingerprint density at radius 2 is 1.47 bits per heavy atom. The van der Waals surface area contributed by atoms with Crippen molar-refractivity contribution in [3.63, 3.8) is 0 Å². The van der Waals surface area contributed by atoms with Gasteiger partial charge in [0, 0.05) is 11.3 Å². The van der Waals surface area contributed by atoms with Gasteiger partial charge in [0.25, 0.3) is 0 Å². The highest BCUT2D eigenvalue weighted by Gasteiger charge is 2.14. The van der Waals surface area contributed by atoms with Crippen molar-refractivity contribution in [2.24, 2.45) is 0 Å². The number of methoxy groups -OCH3 is 2. The molecule has 30 heavy (non-hydrogen) atoms. The molecule has 0 saturated carbocycles. The zero-order valence-corrected chi connectivity index (χ0v) is 17.7. The summed E-state index contributed by atoms with van der Waals surface area (Å²) in [7, 11) is 3.36. The van der Waals surface area contributed by atoms with E-state index in [1.54, 1.807) is 43.2 Å². The van der Waals surface area contributed by atoms with Crippen LogP contribution in [0.1, 0.15) is 11.1 Å². The zero-order valence-electron chi connectivity index (χ0n) is 16.9. The Morgan fingerprint density at radius 3 is 2.03 bits per heavy atom. The van der Waals surface area contributed by atoms with E-state index < -0.39 is 0 Å². The topological polar surface area (TPSA) is 73.6 Å². The van der Waals surface area contributed by atoms with Crippen LogP contribution < -0.4 is 14.2 Å². The minimum Gasteiger partial charge on any atom is -0.497 e. The van der Waals surface area contributed by atoms with Crippen LogP contribution in [-0.2, 0) is 12.8 Å². The van der Waals surface area contributed by atoms with Gasteiger partial charge in [-0.1, -0.05) is 24.3 Å². The van der Waals surface area contributed by atoms with E-state index in [2.05, 4.69) is 44.1 Å². The third-order valence-electron chi connectivity index (χ3n) is 4.76. The van der Waals surface area contributed by atoms with E-state index >= 15 is 0 Å². The van der Waals surface area contributed by atoms with Gasteiger partial charge in [-0.3, -0.25) is 4.72 Å². The predicted molar refractivity (Wildman–Crippen MR) is 119 cm³/mol. The van der Waals surface area contributed by atoms with Crippen molar-refractivity contribution in [1.82, 2.24) is 19.6 Å². The van der Waals surface area contributed by atoms with Crippen LogP contribution in [0.2, 0.25) is 0 Å². The van der Waals surface area contributed by atoms with Crippen molar-refractivity contribution in [2.75, 3.05) is 18.9 Å². The fourth-order valence-corrected chi connectivity index (χ4v) is 4.13. The van der Waals surface area contributed by atoms with Crippen LogP contribution in [0.5, 0.6) is 11.5 Å². The lowest BCUT2D eigenvalue weighted by Gasteiger charge is -2.18. The van der Waals surface area contributed by atoms with E-state index in [1.807, 2.05) is 30.3 Å². The number of rotatable bonds is 9. The van der Waals surface area contributed by atoms with E-state index in [0.717, 1.165) is 30.0 Å². The van der Waals surface area contributed by atoms with Gasteiger partial charge in [-0.05, 0) is 60.2 Å². The average Bonchev–Trinajstić information content (AvgIpc) is 3.28. The molecule has 2 heterocycles. The summed E-state index contributed by atoms with van der Waals surface area (Å²) in [5.74, 6) is 2.38. The Bertz CT molecular complexity index is 1030. The number of hydrogen-bond donors (Lipinski definition) is 1. The SMILES string of the molecule is COc1ccc(CC(Cc2ccc(OC)cc2)SNc2ncnc3ccnn23)cc1. The van der Waals surface area contributed by atoms with Gasteiger partial charge in [-0.2, -0.15) is 9.61 Å². The third-order valence-corrected chi connectivity index (χ3v) is 5.72. The van der Waals surface area contributed by atoms with Crippen molar-refractivity contribution in [2.45, 2.75) is 18.1 Å². The highest BCUT2D eigenvalue weighted by atomic mass is 32.2. The van der Waals surface area contributed by atoms with Gasteiger partial charge >= 0.3 is 0 Å². The Kier molecular flexibility index (Phi) is 6.34. The van der Waals surface area contributed by atoms with Gasteiger partial charge in [0.2, 0.25) is 5.95 Å². The van der Waals surface area contributed by atoms with Gasteiger partial charge in [-0.15, -0.1) is 0 Å². The number of nitrogens with one attached hydrogen (secondary N) is 1. The molecule has 0 amide bonds. The number of anilines is 1. The number of ether oxygens (including phenoxy) is 2. The lowest BCUT2D eigenvalue weighted by molar-refractivity contribution is 0.414. The first kappa shape index (κ1) is 20.0. The average molecular weight is 422 g/mol. The van der Waals surface area contributed by atoms with Gasteiger partial charge in [0.05, 0.1) is 20.4 Å². The smallest absolute Gasteiger partial charge is 0.237 e. The molecule has 0 aliphatic rings. The fraction of sp³-hybridized carbons (Fsp3) is 0.227. The molecular formula is C22H23N5O2S. The van der Waals surface area contributed by atoms with Gasteiger partial charge in [0.15, 0.2) is 5.65 Å². The number of benzene rings is 2. The van der Waals surface area contributed by atoms with E-state index in [-0.39, 0.29) is 5.25 Å². The molecule has 154 valence electrons.